The second kappa shape index (κ2) is 3.90. The van der Waals surface area contributed by atoms with Gasteiger partial charge < -0.3 is 0 Å². The Hall–Kier alpha value is -1.55. The van der Waals surface area contributed by atoms with Crippen LogP contribution in [-0.4, -0.2) is 5.91 Å². The number of azide groups is 1. The van der Waals surface area contributed by atoms with E-state index in [1.807, 2.05) is 6.07 Å². The van der Waals surface area contributed by atoms with Crippen LogP contribution in [0.15, 0.2) is 29.4 Å². The van der Waals surface area contributed by atoms with Crippen LogP contribution < -0.4 is 0 Å². The van der Waals surface area contributed by atoms with Crippen molar-refractivity contribution in [2.24, 2.45) is 5.11 Å². The van der Waals surface area contributed by atoms with E-state index in [0.717, 1.165) is 10.1 Å². The van der Waals surface area contributed by atoms with Crippen molar-refractivity contribution in [3.8, 4) is 0 Å². The van der Waals surface area contributed by atoms with Crippen molar-refractivity contribution in [1.29, 1.82) is 0 Å². The topological polar surface area (TPSA) is 65.8 Å². The fraction of sp³-hybridized carbons (Fsp3) is 0. The Morgan fingerprint density at radius 1 is 1.47 bits per heavy atom. The number of hydrogen-bond donors (Lipinski definition) is 0. The number of hydrogen-bond acceptors (Lipinski definition) is 2. The summed E-state index contributed by atoms with van der Waals surface area (Å²) in [7, 11) is 0. The molecule has 6 heteroatoms. The van der Waals surface area contributed by atoms with E-state index >= 15 is 0 Å². The summed E-state index contributed by atoms with van der Waals surface area (Å²) in [4.78, 5) is 14.1. The molecule has 1 amide bonds. The zero-order chi connectivity index (χ0) is 10.8. The first-order valence-electron chi connectivity index (χ1n) is 3.99. The maximum atomic E-state index is 11.3. The number of carbonyl (C=O) groups excluding carboxylic acids is 1. The van der Waals surface area contributed by atoms with Gasteiger partial charge in [-0.3, -0.25) is 4.79 Å². The maximum absolute atomic E-state index is 11.3. The Morgan fingerprint density at radius 2 is 2.27 bits per heavy atom. The van der Waals surface area contributed by atoms with Gasteiger partial charge in [0.15, 0.2) is 0 Å². The van der Waals surface area contributed by atoms with Crippen LogP contribution in [-0.2, 0) is 0 Å². The second-order valence-corrected chi connectivity index (χ2v) is 4.31. The van der Waals surface area contributed by atoms with Gasteiger partial charge in [-0.15, -0.1) is 11.3 Å². The average molecular weight is 238 g/mol. The molecule has 0 aliphatic rings. The number of thiophene rings is 1. The molecule has 74 valence electrons. The van der Waals surface area contributed by atoms with Crippen molar-refractivity contribution >= 4 is 38.9 Å². The van der Waals surface area contributed by atoms with E-state index in [1.165, 1.54) is 11.3 Å². The number of rotatable bonds is 1. The summed E-state index contributed by atoms with van der Waals surface area (Å²) in [5.74, 6) is -0.560. The predicted molar refractivity (Wildman–Crippen MR) is 60.3 cm³/mol. The molecule has 0 bridgehead atoms. The van der Waals surface area contributed by atoms with E-state index in [2.05, 4.69) is 10.0 Å². The highest BCUT2D eigenvalue weighted by Gasteiger charge is 2.08. The van der Waals surface area contributed by atoms with E-state index in [9.17, 15) is 4.79 Å². The van der Waals surface area contributed by atoms with Crippen molar-refractivity contribution in [1.82, 2.24) is 0 Å². The van der Waals surface area contributed by atoms with Crippen molar-refractivity contribution in [2.45, 2.75) is 0 Å². The first-order chi connectivity index (χ1) is 7.20. The van der Waals surface area contributed by atoms with Crippen molar-refractivity contribution in [2.75, 3.05) is 0 Å². The smallest absolute Gasteiger partial charge is 0.259 e. The number of halogens is 1. The fourth-order valence-corrected chi connectivity index (χ4v) is 2.31. The average Bonchev–Trinajstić information content (AvgIpc) is 2.60. The van der Waals surface area contributed by atoms with E-state index in [4.69, 9.17) is 17.1 Å². The molecular weight excluding hydrogens is 234 g/mol. The molecule has 0 aliphatic carbocycles. The van der Waals surface area contributed by atoms with Crippen LogP contribution in [0.1, 0.15) is 9.67 Å². The highest BCUT2D eigenvalue weighted by Crippen LogP contribution is 2.28. The Bertz CT molecular complexity index is 586. The molecule has 2 aromatic rings. The predicted octanol–water partition coefficient (Wildman–Crippen LogP) is 4.01. The lowest BCUT2D eigenvalue weighted by atomic mass is 10.2. The summed E-state index contributed by atoms with van der Waals surface area (Å²) in [5.41, 5.74) is 8.14. The Labute approximate surface area is 93.7 Å². The van der Waals surface area contributed by atoms with Gasteiger partial charge in [0.2, 0.25) is 0 Å². The van der Waals surface area contributed by atoms with Crippen LogP contribution in [0.3, 0.4) is 0 Å². The van der Waals surface area contributed by atoms with E-state index in [1.54, 1.807) is 18.2 Å². The molecule has 0 radical (unpaired) electrons. The van der Waals surface area contributed by atoms with Crippen LogP contribution >= 0.6 is 22.9 Å². The van der Waals surface area contributed by atoms with E-state index in [-0.39, 0.29) is 0 Å². The van der Waals surface area contributed by atoms with Gasteiger partial charge in [-0.05, 0) is 40.3 Å². The zero-order valence-electron chi connectivity index (χ0n) is 7.35. The minimum atomic E-state index is -0.560. The monoisotopic (exact) mass is 237 g/mol. The molecule has 0 saturated heterocycles. The second-order valence-electron chi connectivity index (χ2n) is 2.79. The SMILES string of the molecule is [N-]=[N+]=NC(=O)c1cc2cc(Cl)ccc2s1. The van der Waals surface area contributed by atoms with Gasteiger partial charge in [0, 0.05) is 14.6 Å². The van der Waals surface area contributed by atoms with Crippen molar-refractivity contribution in [3.05, 3.63) is 44.6 Å². The van der Waals surface area contributed by atoms with Gasteiger partial charge in [-0.2, -0.15) is 0 Å². The molecule has 0 aliphatic heterocycles. The number of amides is 1. The lowest BCUT2D eigenvalue weighted by molar-refractivity contribution is 0.100. The molecule has 0 N–H and O–H groups in total. The quantitative estimate of drug-likeness (QED) is 0.420. The lowest BCUT2D eigenvalue weighted by Gasteiger charge is -1.87. The molecular formula is C9H4ClN3OS. The molecule has 0 fully saturated rings. The van der Waals surface area contributed by atoms with E-state index < -0.39 is 5.91 Å². The van der Waals surface area contributed by atoms with Crippen LogP contribution in [0, 0.1) is 0 Å². The number of nitrogens with zero attached hydrogens (tertiary/aromatic N) is 3. The standard InChI is InChI=1S/C9H4ClN3OS/c10-6-1-2-7-5(3-6)4-8(15-7)9(14)12-13-11/h1-4H. The molecule has 4 nitrogen and oxygen atoms in total. The zero-order valence-corrected chi connectivity index (χ0v) is 8.92. The molecule has 0 unspecified atom stereocenters. The summed E-state index contributed by atoms with van der Waals surface area (Å²) in [6, 6.07) is 7.01. The largest absolute Gasteiger partial charge is 0.286 e. The molecule has 1 aromatic carbocycles. The first kappa shape index (κ1) is 9.98. The molecule has 1 aromatic heterocycles. The highest BCUT2D eigenvalue weighted by molar-refractivity contribution is 7.20. The third-order valence-corrected chi connectivity index (χ3v) is 3.16. The normalized spacial score (nSPS) is 9.93. The Balaban J connectivity index is 2.56. The minimum Gasteiger partial charge on any atom is -0.286 e. The van der Waals surface area contributed by atoms with Crippen LogP contribution in [0.2, 0.25) is 5.02 Å². The molecule has 15 heavy (non-hydrogen) atoms. The molecule has 2 rings (SSSR count). The van der Waals surface area contributed by atoms with Crippen molar-refractivity contribution in [3.63, 3.8) is 0 Å². The van der Waals surface area contributed by atoms with Gasteiger partial charge in [0.05, 0.1) is 4.88 Å². The summed E-state index contributed by atoms with van der Waals surface area (Å²) < 4.78 is 0.941. The van der Waals surface area contributed by atoms with Gasteiger partial charge >= 0.3 is 0 Å². The van der Waals surface area contributed by atoms with Crippen molar-refractivity contribution < 1.29 is 4.79 Å². The molecule has 0 atom stereocenters. The van der Waals surface area contributed by atoms with Gasteiger partial charge in [-0.1, -0.05) is 11.6 Å². The van der Waals surface area contributed by atoms with Gasteiger partial charge in [0.1, 0.15) is 0 Å². The van der Waals surface area contributed by atoms with Gasteiger partial charge in [0.25, 0.3) is 5.91 Å². The van der Waals surface area contributed by atoms with Crippen LogP contribution in [0.25, 0.3) is 20.5 Å². The summed E-state index contributed by atoms with van der Waals surface area (Å²) in [6.45, 7) is 0. The first-order valence-corrected chi connectivity index (χ1v) is 5.18. The van der Waals surface area contributed by atoms with Crippen LogP contribution in [0.5, 0.6) is 0 Å². The number of fused-ring (bicyclic) bond motifs is 1. The van der Waals surface area contributed by atoms with Crippen LogP contribution in [0.4, 0.5) is 0 Å². The maximum Gasteiger partial charge on any atom is 0.259 e. The third kappa shape index (κ3) is 1.94. The molecule has 0 saturated carbocycles. The Kier molecular flexibility index (Phi) is 2.60. The molecule has 0 spiro atoms. The van der Waals surface area contributed by atoms with E-state index in [0.29, 0.717) is 9.90 Å². The van der Waals surface area contributed by atoms with Gasteiger partial charge in [-0.25, -0.2) is 0 Å². The highest BCUT2D eigenvalue weighted by atomic mass is 35.5. The number of benzene rings is 1. The fourth-order valence-electron chi connectivity index (χ4n) is 1.21. The summed E-state index contributed by atoms with van der Waals surface area (Å²) in [6.07, 6.45) is 0. The lowest BCUT2D eigenvalue weighted by Crippen LogP contribution is -1.86. The summed E-state index contributed by atoms with van der Waals surface area (Å²) in [5, 5.41) is 4.52. The number of carbonyl (C=O) groups is 1. The summed E-state index contributed by atoms with van der Waals surface area (Å²) >= 11 is 7.09. The minimum absolute atomic E-state index is 0.421. The molecule has 1 heterocycles. The third-order valence-electron chi connectivity index (χ3n) is 1.82. The Morgan fingerprint density at radius 3 is 3.00 bits per heavy atom.